The number of thiocarbonyl (C=S) groups is 1. The van der Waals surface area contributed by atoms with Crippen LogP contribution >= 0.6 is 23.8 Å². The number of allylic oxidation sites excluding steroid dienone is 1. The molecule has 8 heteroatoms. The molecule has 0 bridgehead atoms. The number of halogens is 1. The number of aromatic hydroxyl groups is 1. The van der Waals surface area contributed by atoms with Gasteiger partial charge in [0.1, 0.15) is 0 Å². The Morgan fingerprint density at radius 1 is 1.29 bits per heavy atom. The van der Waals surface area contributed by atoms with Crippen LogP contribution in [0.1, 0.15) is 25.5 Å². The lowest BCUT2D eigenvalue weighted by Gasteiger charge is -2.30. The zero-order valence-corrected chi connectivity index (χ0v) is 16.9. The number of carbonyl (C=O) groups excluding carboxylic acids is 1. The van der Waals surface area contributed by atoms with Crippen molar-refractivity contribution in [2.24, 2.45) is 0 Å². The molecule has 1 aliphatic heterocycles. The second kappa shape index (κ2) is 8.50. The molecule has 1 heterocycles. The highest BCUT2D eigenvalue weighted by molar-refractivity contribution is 7.80. The Kier molecular flexibility index (Phi) is 6.06. The summed E-state index contributed by atoms with van der Waals surface area (Å²) in [6.45, 7) is 4.04. The quantitative estimate of drug-likeness (QED) is 0.553. The van der Waals surface area contributed by atoms with Gasteiger partial charge < -0.3 is 25.8 Å². The molecule has 28 heavy (non-hydrogen) atoms. The standard InChI is InChI=1S/C20H20ClN3O3S/c1-3-27-16-10-12(4-9-15(16)25)18-17(11(2)22-20(28)24-18)19(26)23-14-7-5-13(21)6-8-14/h4-10,18,25H,3H2,1-2H3,(H,23,26)(H2,22,24,28)/t18-/m1/s1. The number of benzene rings is 2. The molecule has 0 aliphatic carbocycles. The first kappa shape index (κ1) is 20.0. The third-order valence-corrected chi connectivity index (χ3v) is 4.70. The Morgan fingerprint density at radius 2 is 2.00 bits per heavy atom. The molecular weight excluding hydrogens is 398 g/mol. The Bertz CT molecular complexity index is 944. The van der Waals surface area contributed by atoms with Gasteiger partial charge in [-0.25, -0.2) is 0 Å². The number of ether oxygens (including phenoxy) is 1. The summed E-state index contributed by atoms with van der Waals surface area (Å²) in [5.41, 5.74) is 2.50. The van der Waals surface area contributed by atoms with Gasteiger partial charge in [-0.1, -0.05) is 17.7 Å². The van der Waals surface area contributed by atoms with E-state index in [0.717, 1.165) is 5.56 Å². The van der Waals surface area contributed by atoms with Crippen LogP contribution in [0, 0.1) is 0 Å². The van der Waals surface area contributed by atoms with Crippen molar-refractivity contribution < 1.29 is 14.6 Å². The molecule has 0 radical (unpaired) electrons. The highest BCUT2D eigenvalue weighted by atomic mass is 35.5. The summed E-state index contributed by atoms with van der Waals surface area (Å²) in [6, 6.07) is 11.3. The molecule has 2 aromatic rings. The molecule has 3 rings (SSSR count). The highest BCUT2D eigenvalue weighted by Crippen LogP contribution is 2.34. The zero-order valence-electron chi connectivity index (χ0n) is 15.4. The van der Waals surface area contributed by atoms with Gasteiger partial charge in [0, 0.05) is 16.4 Å². The van der Waals surface area contributed by atoms with Crippen molar-refractivity contribution in [2.75, 3.05) is 11.9 Å². The van der Waals surface area contributed by atoms with Gasteiger partial charge in [0.2, 0.25) is 0 Å². The van der Waals surface area contributed by atoms with Gasteiger partial charge in [-0.15, -0.1) is 0 Å². The molecule has 146 valence electrons. The van der Waals surface area contributed by atoms with E-state index in [4.69, 9.17) is 28.6 Å². The van der Waals surface area contributed by atoms with E-state index >= 15 is 0 Å². The number of rotatable bonds is 5. The first-order valence-electron chi connectivity index (χ1n) is 8.70. The third-order valence-electron chi connectivity index (χ3n) is 4.23. The van der Waals surface area contributed by atoms with Crippen LogP contribution in [0.25, 0.3) is 0 Å². The summed E-state index contributed by atoms with van der Waals surface area (Å²) in [5, 5.41) is 20.0. The van der Waals surface area contributed by atoms with Crippen LogP contribution in [-0.4, -0.2) is 22.7 Å². The van der Waals surface area contributed by atoms with Crippen molar-refractivity contribution in [3.63, 3.8) is 0 Å². The van der Waals surface area contributed by atoms with Gasteiger partial charge in [0.05, 0.1) is 18.2 Å². The molecule has 0 unspecified atom stereocenters. The number of phenols is 1. The van der Waals surface area contributed by atoms with Crippen molar-refractivity contribution in [1.29, 1.82) is 0 Å². The van der Waals surface area contributed by atoms with Crippen LogP contribution in [0.2, 0.25) is 5.02 Å². The summed E-state index contributed by atoms with van der Waals surface area (Å²) in [6.07, 6.45) is 0. The van der Waals surface area contributed by atoms with Gasteiger partial charge in [-0.3, -0.25) is 4.79 Å². The maximum Gasteiger partial charge on any atom is 0.255 e. The minimum atomic E-state index is -0.499. The number of hydrogen-bond acceptors (Lipinski definition) is 4. The number of carbonyl (C=O) groups is 1. The number of nitrogens with one attached hydrogen (secondary N) is 3. The topological polar surface area (TPSA) is 82.6 Å². The molecule has 4 N–H and O–H groups in total. The largest absolute Gasteiger partial charge is 0.504 e. The third kappa shape index (κ3) is 4.37. The number of phenolic OH excluding ortho intramolecular Hbond substituents is 1. The summed E-state index contributed by atoms with van der Waals surface area (Å²) in [5.74, 6) is 0.106. The van der Waals surface area contributed by atoms with E-state index in [-0.39, 0.29) is 11.7 Å². The van der Waals surface area contributed by atoms with E-state index in [1.807, 2.05) is 6.92 Å². The minimum Gasteiger partial charge on any atom is -0.504 e. The Labute approximate surface area is 173 Å². The minimum absolute atomic E-state index is 0.0370. The molecule has 0 spiro atoms. The van der Waals surface area contributed by atoms with E-state index < -0.39 is 6.04 Å². The van der Waals surface area contributed by atoms with Gasteiger partial charge >= 0.3 is 0 Å². The van der Waals surface area contributed by atoms with Crippen LogP contribution < -0.4 is 20.7 Å². The molecule has 1 aliphatic rings. The summed E-state index contributed by atoms with van der Waals surface area (Å²) < 4.78 is 5.47. The lowest BCUT2D eigenvalue weighted by Crippen LogP contribution is -2.45. The Morgan fingerprint density at radius 3 is 2.68 bits per heavy atom. The van der Waals surface area contributed by atoms with Crippen molar-refractivity contribution in [2.45, 2.75) is 19.9 Å². The van der Waals surface area contributed by atoms with Crippen molar-refractivity contribution in [1.82, 2.24) is 10.6 Å². The first-order chi connectivity index (χ1) is 13.4. The van der Waals surface area contributed by atoms with Crippen LogP contribution in [0.15, 0.2) is 53.7 Å². The van der Waals surface area contributed by atoms with E-state index in [1.165, 1.54) is 6.07 Å². The second-order valence-corrected chi connectivity index (χ2v) is 7.04. The first-order valence-corrected chi connectivity index (χ1v) is 9.48. The normalized spacial score (nSPS) is 16.2. The summed E-state index contributed by atoms with van der Waals surface area (Å²) in [7, 11) is 0. The van der Waals surface area contributed by atoms with Gasteiger partial charge in [-0.05, 0) is 68.0 Å². The molecule has 0 saturated carbocycles. The SMILES string of the molecule is CCOc1cc([C@H]2NC(=S)NC(C)=C2C(=O)Nc2ccc(Cl)cc2)ccc1O. The number of anilines is 1. The average Bonchev–Trinajstić information content (AvgIpc) is 2.65. The molecule has 2 aromatic carbocycles. The molecule has 0 aromatic heterocycles. The summed E-state index contributed by atoms with van der Waals surface area (Å²) >= 11 is 11.2. The average molecular weight is 418 g/mol. The van der Waals surface area contributed by atoms with E-state index in [9.17, 15) is 9.90 Å². The fourth-order valence-corrected chi connectivity index (χ4v) is 3.35. The van der Waals surface area contributed by atoms with Crippen molar-refractivity contribution >= 4 is 40.5 Å². The Balaban J connectivity index is 1.95. The predicted molar refractivity (Wildman–Crippen MR) is 114 cm³/mol. The molecule has 1 atom stereocenters. The zero-order chi connectivity index (χ0) is 20.3. The van der Waals surface area contributed by atoms with E-state index in [1.54, 1.807) is 43.3 Å². The fourth-order valence-electron chi connectivity index (χ4n) is 2.96. The number of amides is 1. The molecular formula is C20H20ClN3O3S. The van der Waals surface area contributed by atoms with Crippen LogP contribution in [0.4, 0.5) is 5.69 Å². The van der Waals surface area contributed by atoms with Gasteiger partial charge in [-0.2, -0.15) is 0 Å². The van der Waals surface area contributed by atoms with Crippen molar-refractivity contribution in [3.8, 4) is 11.5 Å². The fraction of sp³-hybridized carbons (Fsp3) is 0.200. The van der Waals surface area contributed by atoms with Gasteiger partial charge in [0.25, 0.3) is 5.91 Å². The van der Waals surface area contributed by atoms with Crippen LogP contribution in [0.3, 0.4) is 0 Å². The van der Waals surface area contributed by atoms with Crippen molar-refractivity contribution in [3.05, 3.63) is 64.3 Å². The maximum absolute atomic E-state index is 13.0. The van der Waals surface area contributed by atoms with E-state index in [0.29, 0.717) is 39.4 Å². The molecule has 0 saturated heterocycles. The van der Waals surface area contributed by atoms with Crippen LogP contribution in [-0.2, 0) is 4.79 Å². The smallest absolute Gasteiger partial charge is 0.255 e. The van der Waals surface area contributed by atoms with Gasteiger partial charge in [0.15, 0.2) is 16.6 Å². The predicted octanol–water partition coefficient (Wildman–Crippen LogP) is 3.88. The molecule has 1 amide bonds. The highest BCUT2D eigenvalue weighted by Gasteiger charge is 2.30. The Hall–Kier alpha value is -2.77. The molecule has 6 nitrogen and oxygen atoms in total. The number of hydrogen-bond donors (Lipinski definition) is 4. The lowest BCUT2D eigenvalue weighted by molar-refractivity contribution is -0.113. The molecule has 0 fully saturated rings. The lowest BCUT2D eigenvalue weighted by atomic mass is 9.94. The maximum atomic E-state index is 13.0. The summed E-state index contributed by atoms with van der Waals surface area (Å²) in [4.78, 5) is 13.0. The van der Waals surface area contributed by atoms with Crippen LogP contribution in [0.5, 0.6) is 11.5 Å². The monoisotopic (exact) mass is 417 g/mol. The second-order valence-electron chi connectivity index (χ2n) is 6.19. The van der Waals surface area contributed by atoms with E-state index in [2.05, 4.69) is 16.0 Å².